The number of unbranched alkanes of at least 4 members (excludes halogenated alkanes) is 4. The highest BCUT2D eigenvalue weighted by Gasteiger charge is 2.09. The van der Waals surface area contributed by atoms with Crippen LogP contribution in [0.5, 0.6) is 11.5 Å². The van der Waals surface area contributed by atoms with Crippen LogP contribution in [0.2, 0.25) is 0 Å². The van der Waals surface area contributed by atoms with Gasteiger partial charge in [-0.05, 0) is 98.3 Å². The number of anilines is 2. The molecule has 0 spiro atoms. The van der Waals surface area contributed by atoms with E-state index in [-0.39, 0.29) is 6.61 Å². The third-order valence-corrected chi connectivity index (χ3v) is 6.09. The lowest BCUT2D eigenvalue weighted by molar-refractivity contribution is -0.128. The Kier molecular flexibility index (Phi) is 12.9. The number of nitrogens with two attached hydrogens (primary N) is 2. The van der Waals surface area contributed by atoms with E-state index in [0.29, 0.717) is 54.3 Å². The number of hydrogen-bond donors (Lipinski definition) is 2. The molecule has 0 aliphatic heterocycles. The fourth-order valence-corrected chi connectivity index (χ4v) is 3.83. The average molecular weight is 575 g/mol. The van der Waals surface area contributed by atoms with Crippen molar-refractivity contribution in [3.8, 4) is 11.5 Å². The van der Waals surface area contributed by atoms with Gasteiger partial charge in [0.25, 0.3) is 0 Å². The molecule has 3 rings (SSSR count). The molecule has 0 unspecified atom stereocenters. The predicted octanol–water partition coefficient (Wildman–Crippen LogP) is 6.22. The van der Waals surface area contributed by atoms with E-state index in [0.717, 1.165) is 37.0 Å². The molecule has 0 saturated carbocycles. The van der Waals surface area contributed by atoms with Crippen molar-refractivity contribution in [2.75, 3.05) is 31.3 Å². The lowest BCUT2D eigenvalue weighted by Gasteiger charge is -2.07. The van der Waals surface area contributed by atoms with E-state index in [4.69, 9.17) is 30.4 Å². The molecule has 3 aromatic rings. The Hall–Kier alpha value is -4.79. The minimum atomic E-state index is -0.511. The van der Waals surface area contributed by atoms with Gasteiger partial charge in [0, 0.05) is 17.5 Å². The minimum Gasteiger partial charge on any atom is -0.494 e. The van der Waals surface area contributed by atoms with Gasteiger partial charge in [0.05, 0.1) is 30.9 Å². The van der Waals surface area contributed by atoms with Crippen LogP contribution >= 0.6 is 0 Å². The summed E-state index contributed by atoms with van der Waals surface area (Å²) in [4.78, 5) is 36.5. The normalized spacial score (nSPS) is 10.8. The van der Waals surface area contributed by atoms with E-state index in [1.807, 2.05) is 0 Å². The number of ether oxygens (including phenoxy) is 4. The summed E-state index contributed by atoms with van der Waals surface area (Å²) in [6, 6.07) is 18.3. The minimum absolute atomic E-state index is 0.285. The van der Waals surface area contributed by atoms with Gasteiger partial charge in [-0.25, -0.2) is 14.4 Å². The Labute approximate surface area is 246 Å². The number of hydrogen-bond acceptors (Lipinski definition) is 9. The summed E-state index contributed by atoms with van der Waals surface area (Å²) in [5, 5.41) is 0. The monoisotopic (exact) mass is 574 g/mol. The van der Waals surface area contributed by atoms with E-state index in [1.165, 1.54) is 18.2 Å². The molecule has 0 fully saturated rings. The maximum Gasteiger partial charge on any atom is 0.338 e. The Bertz CT molecular complexity index is 1320. The maximum atomic E-state index is 12.3. The quantitative estimate of drug-likeness (QED) is 0.0670. The third-order valence-electron chi connectivity index (χ3n) is 6.09. The van der Waals surface area contributed by atoms with E-state index in [2.05, 4.69) is 6.92 Å². The van der Waals surface area contributed by atoms with Gasteiger partial charge in [-0.1, -0.05) is 25.5 Å². The summed E-state index contributed by atoms with van der Waals surface area (Å²) in [6.07, 6.45) is 8.03. The first-order chi connectivity index (χ1) is 20.3. The largest absolute Gasteiger partial charge is 0.494 e. The van der Waals surface area contributed by atoms with Crippen molar-refractivity contribution in [3.05, 3.63) is 89.5 Å². The molecule has 3 aromatic carbocycles. The zero-order valence-corrected chi connectivity index (χ0v) is 23.9. The summed E-state index contributed by atoms with van der Waals surface area (Å²) >= 11 is 0. The van der Waals surface area contributed by atoms with Crippen molar-refractivity contribution in [3.63, 3.8) is 0 Å². The van der Waals surface area contributed by atoms with Crippen molar-refractivity contribution in [2.24, 2.45) is 0 Å². The van der Waals surface area contributed by atoms with Crippen molar-refractivity contribution in [1.29, 1.82) is 0 Å². The standard InChI is InChI=1S/C33H38N2O7/c1-2-3-18-39-29-13-15-30(16-14-29)42-31(36)17-10-24-8-11-25(12-9-24)32(37)40-19-6-4-5-7-20-41-33(38)26-21-27(34)23-28(35)22-26/h8-17,21-23H,2-7,18-20,34-35H2,1H3/b17-10+. The average Bonchev–Trinajstić information content (AvgIpc) is 2.98. The second kappa shape index (κ2) is 17.1. The first-order valence-electron chi connectivity index (χ1n) is 14.1. The van der Waals surface area contributed by atoms with Gasteiger partial charge in [0.15, 0.2) is 0 Å². The molecule has 9 nitrogen and oxygen atoms in total. The summed E-state index contributed by atoms with van der Waals surface area (Å²) < 4.78 is 21.5. The molecule has 0 saturated heterocycles. The van der Waals surface area contributed by atoms with Crippen LogP contribution in [0, 0.1) is 0 Å². The molecular formula is C33H38N2O7. The molecule has 42 heavy (non-hydrogen) atoms. The van der Waals surface area contributed by atoms with Crippen molar-refractivity contribution in [2.45, 2.75) is 45.4 Å². The summed E-state index contributed by atoms with van der Waals surface area (Å²) in [5.41, 5.74) is 13.7. The maximum absolute atomic E-state index is 12.3. The highest BCUT2D eigenvalue weighted by Crippen LogP contribution is 2.19. The Morgan fingerprint density at radius 3 is 1.83 bits per heavy atom. The molecule has 0 radical (unpaired) electrons. The first-order valence-corrected chi connectivity index (χ1v) is 14.1. The number of nitrogen functional groups attached to an aromatic ring is 2. The molecule has 0 aliphatic rings. The first kappa shape index (κ1) is 31.7. The van der Waals surface area contributed by atoms with Gasteiger partial charge in [-0.2, -0.15) is 0 Å². The molecule has 9 heteroatoms. The molecule has 0 aromatic heterocycles. The smallest absolute Gasteiger partial charge is 0.338 e. The van der Waals surface area contributed by atoms with Gasteiger partial charge in [-0.15, -0.1) is 0 Å². The molecular weight excluding hydrogens is 536 g/mol. The molecule has 0 heterocycles. The van der Waals surface area contributed by atoms with Crippen LogP contribution in [0.25, 0.3) is 6.08 Å². The highest BCUT2D eigenvalue weighted by molar-refractivity contribution is 5.92. The van der Waals surface area contributed by atoms with Crippen LogP contribution in [0.4, 0.5) is 11.4 Å². The second-order valence-corrected chi connectivity index (χ2v) is 9.62. The van der Waals surface area contributed by atoms with Crippen LogP contribution in [-0.4, -0.2) is 37.7 Å². The predicted molar refractivity (Wildman–Crippen MR) is 162 cm³/mol. The summed E-state index contributed by atoms with van der Waals surface area (Å²) in [5.74, 6) is -0.228. The van der Waals surface area contributed by atoms with Gasteiger partial charge in [0.1, 0.15) is 11.5 Å². The van der Waals surface area contributed by atoms with E-state index in [9.17, 15) is 14.4 Å². The molecule has 0 aliphatic carbocycles. The number of benzene rings is 3. The molecule has 0 amide bonds. The number of carbonyl (C=O) groups is 3. The Morgan fingerprint density at radius 1 is 0.667 bits per heavy atom. The van der Waals surface area contributed by atoms with E-state index in [1.54, 1.807) is 60.7 Å². The zero-order valence-electron chi connectivity index (χ0n) is 23.9. The highest BCUT2D eigenvalue weighted by atomic mass is 16.5. The Balaban J connectivity index is 1.29. The lowest BCUT2D eigenvalue weighted by Crippen LogP contribution is -2.08. The van der Waals surface area contributed by atoms with Crippen LogP contribution in [0.3, 0.4) is 0 Å². The number of esters is 3. The number of carbonyl (C=O) groups excluding carboxylic acids is 3. The fraction of sp³-hybridized carbons (Fsp3) is 0.303. The fourth-order valence-electron chi connectivity index (χ4n) is 3.83. The van der Waals surface area contributed by atoms with Crippen LogP contribution in [-0.2, 0) is 14.3 Å². The van der Waals surface area contributed by atoms with Crippen molar-refractivity contribution < 1.29 is 33.3 Å². The summed E-state index contributed by atoms with van der Waals surface area (Å²) in [7, 11) is 0. The summed E-state index contributed by atoms with van der Waals surface area (Å²) in [6.45, 7) is 3.33. The van der Waals surface area contributed by atoms with Crippen molar-refractivity contribution >= 4 is 35.4 Å². The van der Waals surface area contributed by atoms with Gasteiger partial charge >= 0.3 is 17.9 Å². The van der Waals surface area contributed by atoms with Gasteiger partial charge in [-0.3, -0.25) is 0 Å². The third kappa shape index (κ3) is 11.4. The lowest BCUT2D eigenvalue weighted by atomic mass is 10.1. The van der Waals surface area contributed by atoms with Crippen molar-refractivity contribution in [1.82, 2.24) is 0 Å². The van der Waals surface area contributed by atoms with Crippen LogP contribution in [0.15, 0.2) is 72.8 Å². The SMILES string of the molecule is CCCCOc1ccc(OC(=O)/C=C/c2ccc(C(=O)OCCCCCCOC(=O)c3cc(N)cc(N)c3)cc2)cc1. The second-order valence-electron chi connectivity index (χ2n) is 9.62. The van der Waals surface area contributed by atoms with Crippen LogP contribution in [0.1, 0.15) is 71.7 Å². The molecule has 4 N–H and O–H groups in total. The van der Waals surface area contributed by atoms with Gasteiger partial charge < -0.3 is 30.4 Å². The molecule has 0 bridgehead atoms. The van der Waals surface area contributed by atoms with E-state index >= 15 is 0 Å². The molecule has 0 atom stereocenters. The van der Waals surface area contributed by atoms with Gasteiger partial charge in [0.2, 0.25) is 0 Å². The topological polar surface area (TPSA) is 140 Å². The zero-order chi connectivity index (χ0) is 30.2. The number of rotatable bonds is 16. The van der Waals surface area contributed by atoms with E-state index < -0.39 is 17.9 Å². The van der Waals surface area contributed by atoms with Crippen LogP contribution < -0.4 is 20.9 Å². The Morgan fingerprint density at radius 2 is 1.24 bits per heavy atom. The molecule has 222 valence electrons.